The van der Waals surface area contributed by atoms with Crippen LogP contribution >= 0.6 is 0 Å². The number of ether oxygens (including phenoxy) is 1. The lowest BCUT2D eigenvalue weighted by Gasteiger charge is -2.26. The van der Waals surface area contributed by atoms with Gasteiger partial charge in [-0.25, -0.2) is 0 Å². The average molecular weight is 245 g/mol. The summed E-state index contributed by atoms with van der Waals surface area (Å²) in [7, 11) is 0. The van der Waals surface area contributed by atoms with E-state index in [1.165, 1.54) is 6.39 Å². The second-order valence-corrected chi connectivity index (χ2v) is 4.03. The van der Waals surface area contributed by atoms with E-state index in [2.05, 4.69) is 15.5 Å². The number of carbonyl (C=O) groups excluding carboxylic acids is 1. The monoisotopic (exact) mass is 245 g/mol. The van der Waals surface area contributed by atoms with E-state index >= 15 is 0 Å². The molecule has 6 nitrogen and oxygen atoms in total. The van der Waals surface area contributed by atoms with Crippen LogP contribution in [0, 0.1) is 0 Å². The average Bonchev–Trinajstić information content (AvgIpc) is 2.87. The van der Waals surface area contributed by atoms with Gasteiger partial charge in [-0.3, -0.25) is 4.79 Å². The summed E-state index contributed by atoms with van der Waals surface area (Å²) in [6.45, 7) is 1.16. The number of aromatic nitrogens is 2. The summed E-state index contributed by atoms with van der Waals surface area (Å²) in [5.41, 5.74) is 1.29. The molecule has 1 N–H and O–H groups in total. The van der Waals surface area contributed by atoms with Crippen molar-refractivity contribution in [2.45, 2.75) is 6.04 Å². The van der Waals surface area contributed by atoms with E-state index in [-0.39, 0.29) is 11.9 Å². The number of hydrogen-bond donors (Lipinski definition) is 1. The van der Waals surface area contributed by atoms with Gasteiger partial charge in [-0.2, -0.15) is 0 Å². The number of rotatable bonds is 3. The minimum atomic E-state index is -0.121. The molecule has 0 spiro atoms. The molecule has 1 aromatic carbocycles. The van der Waals surface area contributed by atoms with Crippen LogP contribution in [-0.4, -0.2) is 35.4 Å². The van der Waals surface area contributed by atoms with Gasteiger partial charge in [0.2, 0.25) is 12.3 Å². The van der Waals surface area contributed by atoms with E-state index in [0.29, 0.717) is 24.7 Å². The Morgan fingerprint density at radius 3 is 2.94 bits per heavy atom. The molecule has 1 saturated heterocycles. The number of hydrogen-bond acceptors (Lipinski definition) is 5. The van der Waals surface area contributed by atoms with Gasteiger partial charge < -0.3 is 14.5 Å². The highest BCUT2D eigenvalue weighted by molar-refractivity contribution is 5.95. The van der Waals surface area contributed by atoms with Crippen LogP contribution < -0.4 is 5.32 Å². The van der Waals surface area contributed by atoms with Crippen LogP contribution in [0.3, 0.4) is 0 Å². The molecule has 92 valence electrons. The van der Waals surface area contributed by atoms with Gasteiger partial charge in [0.25, 0.3) is 5.91 Å². The molecule has 0 bridgehead atoms. The van der Waals surface area contributed by atoms with Crippen LogP contribution in [0.25, 0.3) is 11.5 Å². The predicted octanol–water partition coefficient (Wildman–Crippen LogP) is 0.865. The highest BCUT2D eigenvalue weighted by Crippen LogP contribution is 2.17. The fraction of sp³-hybridized carbons (Fsp3) is 0.250. The van der Waals surface area contributed by atoms with Gasteiger partial charge in [0, 0.05) is 11.1 Å². The van der Waals surface area contributed by atoms with Crippen LogP contribution in [0.2, 0.25) is 0 Å². The number of amides is 1. The minimum absolute atomic E-state index is 0.115. The first-order valence-corrected chi connectivity index (χ1v) is 5.58. The highest BCUT2D eigenvalue weighted by atomic mass is 16.5. The lowest BCUT2D eigenvalue weighted by Crippen LogP contribution is -2.48. The fourth-order valence-electron chi connectivity index (χ4n) is 1.68. The van der Waals surface area contributed by atoms with Crippen LogP contribution in [0.15, 0.2) is 35.1 Å². The van der Waals surface area contributed by atoms with Gasteiger partial charge in [0.15, 0.2) is 0 Å². The third-order valence-corrected chi connectivity index (χ3v) is 2.71. The van der Waals surface area contributed by atoms with Crippen molar-refractivity contribution < 1.29 is 13.9 Å². The molecule has 6 heteroatoms. The van der Waals surface area contributed by atoms with Crippen LogP contribution in [0.1, 0.15) is 10.4 Å². The molecule has 0 aliphatic carbocycles. The van der Waals surface area contributed by atoms with Crippen molar-refractivity contribution in [1.29, 1.82) is 0 Å². The molecule has 1 aliphatic rings. The SMILES string of the molecule is O=C(NC1COC1)c1cccc(-c2nnco2)c1. The van der Waals surface area contributed by atoms with E-state index in [1.807, 2.05) is 6.07 Å². The zero-order valence-corrected chi connectivity index (χ0v) is 9.50. The molecular formula is C12H11N3O3. The van der Waals surface area contributed by atoms with Crippen LogP contribution in [0.4, 0.5) is 0 Å². The van der Waals surface area contributed by atoms with E-state index in [4.69, 9.17) is 9.15 Å². The molecule has 0 unspecified atom stereocenters. The fourth-order valence-corrected chi connectivity index (χ4v) is 1.68. The first-order valence-electron chi connectivity index (χ1n) is 5.58. The van der Waals surface area contributed by atoms with Gasteiger partial charge in [-0.05, 0) is 18.2 Å². The lowest BCUT2D eigenvalue weighted by atomic mass is 10.1. The van der Waals surface area contributed by atoms with Crippen LogP contribution in [0.5, 0.6) is 0 Å². The molecule has 1 aromatic heterocycles. The van der Waals surface area contributed by atoms with E-state index in [1.54, 1.807) is 18.2 Å². The third kappa shape index (κ3) is 2.10. The van der Waals surface area contributed by atoms with Crippen molar-refractivity contribution in [3.05, 3.63) is 36.2 Å². The summed E-state index contributed by atoms with van der Waals surface area (Å²) in [4.78, 5) is 11.9. The standard InChI is InChI=1S/C12H11N3O3/c16-11(14-10-5-17-6-10)8-2-1-3-9(4-8)12-15-13-7-18-12/h1-4,7,10H,5-6H2,(H,14,16). The number of benzene rings is 1. The Kier molecular flexibility index (Phi) is 2.77. The van der Waals surface area contributed by atoms with Crippen molar-refractivity contribution in [2.75, 3.05) is 13.2 Å². The summed E-state index contributed by atoms with van der Waals surface area (Å²) in [5, 5.41) is 10.3. The largest absolute Gasteiger partial charge is 0.423 e. The Morgan fingerprint density at radius 2 is 2.28 bits per heavy atom. The molecule has 2 aromatic rings. The number of nitrogens with zero attached hydrogens (tertiary/aromatic N) is 2. The van der Waals surface area contributed by atoms with Crippen molar-refractivity contribution >= 4 is 5.91 Å². The molecule has 1 aliphatic heterocycles. The normalized spacial score (nSPS) is 15.1. The first kappa shape index (κ1) is 10.9. The summed E-state index contributed by atoms with van der Waals surface area (Å²) in [6.07, 6.45) is 1.26. The van der Waals surface area contributed by atoms with E-state index < -0.39 is 0 Å². The van der Waals surface area contributed by atoms with Gasteiger partial charge in [-0.1, -0.05) is 6.07 Å². The highest BCUT2D eigenvalue weighted by Gasteiger charge is 2.21. The Bertz CT molecular complexity index is 549. The quantitative estimate of drug-likeness (QED) is 0.868. The van der Waals surface area contributed by atoms with Crippen molar-refractivity contribution in [1.82, 2.24) is 15.5 Å². The smallest absolute Gasteiger partial charge is 0.251 e. The maximum atomic E-state index is 11.9. The summed E-state index contributed by atoms with van der Waals surface area (Å²) >= 11 is 0. The molecule has 2 heterocycles. The van der Waals surface area contributed by atoms with Crippen molar-refractivity contribution in [2.24, 2.45) is 0 Å². The maximum absolute atomic E-state index is 11.9. The van der Waals surface area contributed by atoms with Gasteiger partial charge >= 0.3 is 0 Å². The molecule has 1 fully saturated rings. The lowest BCUT2D eigenvalue weighted by molar-refractivity contribution is -0.00346. The van der Waals surface area contributed by atoms with E-state index in [9.17, 15) is 4.79 Å². The van der Waals surface area contributed by atoms with Gasteiger partial charge in [0.05, 0.1) is 19.3 Å². The summed E-state index contributed by atoms with van der Waals surface area (Å²) in [6, 6.07) is 7.18. The Morgan fingerprint density at radius 1 is 1.39 bits per heavy atom. The molecule has 0 saturated carbocycles. The van der Waals surface area contributed by atoms with Crippen molar-refractivity contribution in [3.8, 4) is 11.5 Å². The third-order valence-electron chi connectivity index (χ3n) is 2.71. The second-order valence-electron chi connectivity index (χ2n) is 4.03. The molecule has 18 heavy (non-hydrogen) atoms. The Hall–Kier alpha value is -2.21. The zero-order valence-electron chi connectivity index (χ0n) is 9.50. The Labute approximate surface area is 103 Å². The van der Waals surface area contributed by atoms with Gasteiger partial charge in [0.1, 0.15) is 0 Å². The topological polar surface area (TPSA) is 77.2 Å². The molecule has 0 atom stereocenters. The molecule has 3 rings (SSSR count). The van der Waals surface area contributed by atoms with Gasteiger partial charge in [-0.15, -0.1) is 10.2 Å². The first-order chi connectivity index (χ1) is 8.83. The molecule has 1 amide bonds. The number of nitrogens with one attached hydrogen (secondary N) is 1. The van der Waals surface area contributed by atoms with Crippen molar-refractivity contribution in [3.63, 3.8) is 0 Å². The summed E-state index contributed by atoms with van der Waals surface area (Å²) in [5.74, 6) is 0.279. The van der Waals surface area contributed by atoms with E-state index in [0.717, 1.165) is 5.56 Å². The second kappa shape index (κ2) is 4.58. The maximum Gasteiger partial charge on any atom is 0.251 e. The Balaban J connectivity index is 1.79. The summed E-state index contributed by atoms with van der Waals surface area (Å²) < 4.78 is 10.1. The minimum Gasteiger partial charge on any atom is -0.423 e. The van der Waals surface area contributed by atoms with Crippen LogP contribution in [-0.2, 0) is 4.74 Å². The molecule has 0 radical (unpaired) electrons. The zero-order chi connectivity index (χ0) is 12.4. The number of carbonyl (C=O) groups is 1. The molecular weight excluding hydrogens is 234 g/mol. The predicted molar refractivity (Wildman–Crippen MR) is 61.8 cm³/mol.